The molecular formula is C17H15ClN2O2S. The van der Waals surface area contributed by atoms with Crippen LogP contribution in [0.1, 0.15) is 10.4 Å². The number of amides is 1. The number of hydrogen-bond donors (Lipinski definition) is 1. The Labute approximate surface area is 141 Å². The van der Waals surface area contributed by atoms with E-state index in [0.29, 0.717) is 22.1 Å². The molecule has 2 heterocycles. The molecule has 2 aliphatic heterocycles. The molecule has 0 bridgehead atoms. The monoisotopic (exact) mass is 346 g/mol. The summed E-state index contributed by atoms with van der Waals surface area (Å²) in [6, 6.07) is 14.6. The van der Waals surface area contributed by atoms with E-state index in [1.807, 2.05) is 24.3 Å². The molecule has 0 aromatic heterocycles. The number of fused-ring (bicyclic) bond motifs is 2. The highest BCUT2D eigenvalue weighted by Gasteiger charge is 2.43. The van der Waals surface area contributed by atoms with Crippen molar-refractivity contribution in [3.8, 4) is 0 Å². The molecule has 4 nitrogen and oxygen atoms in total. The van der Waals surface area contributed by atoms with Crippen LogP contribution < -0.4 is 10.2 Å². The Morgan fingerprint density at radius 1 is 1.13 bits per heavy atom. The molecule has 23 heavy (non-hydrogen) atoms. The molecule has 1 fully saturated rings. The third-order valence-electron chi connectivity index (χ3n) is 4.33. The minimum absolute atomic E-state index is 0.0296. The first-order valence-electron chi connectivity index (χ1n) is 7.43. The quantitative estimate of drug-likeness (QED) is 0.863. The van der Waals surface area contributed by atoms with Crippen LogP contribution in [0.5, 0.6) is 0 Å². The summed E-state index contributed by atoms with van der Waals surface area (Å²) < 4.78 is 12.0. The van der Waals surface area contributed by atoms with Gasteiger partial charge in [0.1, 0.15) is 0 Å². The van der Waals surface area contributed by atoms with Crippen LogP contribution in [-0.4, -0.2) is 33.7 Å². The van der Waals surface area contributed by atoms with Gasteiger partial charge in [-0.1, -0.05) is 23.7 Å². The molecule has 1 N–H and O–H groups in total. The molecule has 3 atom stereocenters. The minimum Gasteiger partial charge on any atom is -0.378 e. The zero-order chi connectivity index (χ0) is 16.0. The van der Waals surface area contributed by atoms with Gasteiger partial charge in [-0.05, 0) is 36.4 Å². The van der Waals surface area contributed by atoms with Gasteiger partial charge in [-0.3, -0.25) is 9.00 Å². The van der Waals surface area contributed by atoms with E-state index in [1.54, 1.807) is 29.2 Å². The number of hydrogen-bond acceptors (Lipinski definition) is 3. The Morgan fingerprint density at radius 3 is 2.65 bits per heavy atom. The Balaban J connectivity index is 1.79. The molecule has 4 rings (SSSR count). The average Bonchev–Trinajstić information content (AvgIpc) is 2.92. The molecule has 6 heteroatoms. The number of rotatable bonds is 1. The third kappa shape index (κ3) is 2.54. The molecule has 0 aliphatic carbocycles. The molecule has 0 saturated carbocycles. The second kappa shape index (κ2) is 5.65. The summed E-state index contributed by atoms with van der Waals surface area (Å²) in [7, 11) is -0.906. The Bertz CT molecular complexity index is 793. The van der Waals surface area contributed by atoms with Crippen LogP contribution in [0, 0.1) is 0 Å². The van der Waals surface area contributed by atoms with Crippen molar-refractivity contribution < 1.29 is 9.00 Å². The van der Waals surface area contributed by atoms with E-state index < -0.39 is 10.8 Å². The highest BCUT2D eigenvalue weighted by Crippen LogP contribution is 2.37. The lowest BCUT2D eigenvalue weighted by Gasteiger charge is -2.39. The summed E-state index contributed by atoms with van der Waals surface area (Å²) in [6.45, 7) is 0. The zero-order valence-electron chi connectivity index (χ0n) is 12.2. The molecule has 1 saturated heterocycles. The van der Waals surface area contributed by atoms with Gasteiger partial charge in [-0.2, -0.15) is 0 Å². The number of para-hydroxylation sites is 2. The maximum Gasteiger partial charge on any atom is 0.258 e. The fraction of sp³-hybridized carbons (Fsp3) is 0.235. The molecular weight excluding hydrogens is 332 g/mol. The first-order chi connectivity index (χ1) is 11.1. The third-order valence-corrected chi connectivity index (χ3v) is 6.03. The van der Waals surface area contributed by atoms with Crippen LogP contribution in [0.4, 0.5) is 11.4 Å². The number of nitrogens with zero attached hydrogens (tertiary/aromatic N) is 1. The summed E-state index contributed by atoms with van der Waals surface area (Å²) in [5, 5.41) is 4.03. The minimum atomic E-state index is -0.906. The molecule has 0 spiro atoms. The number of anilines is 2. The summed E-state index contributed by atoms with van der Waals surface area (Å²) in [4.78, 5) is 14.9. The fourth-order valence-electron chi connectivity index (χ4n) is 3.25. The fourth-order valence-corrected chi connectivity index (χ4v) is 4.98. The first kappa shape index (κ1) is 14.7. The van der Waals surface area contributed by atoms with Gasteiger partial charge in [0.25, 0.3) is 5.91 Å². The van der Waals surface area contributed by atoms with E-state index in [0.717, 1.165) is 11.4 Å². The van der Waals surface area contributed by atoms with Gasteiger partial charge >= 0.3 is 0 Å². The summed E-state index contributed by atoms with van der Waals surface area (Å²) >= 11 is 5.92. The Hall–Kier alpha value is -1.85. The zero-order valence-corrected chi connectivity index (χ0v) is 13.8. The molecule has 0 radical (unpaired) electrons. The molecule has 3 unspecified atom stereocenters. The van der Waals surface area contributed by atoms with Crippen molar-refractivity contribution in [3.63, 3.8) is 0 Å². The molecule has 2 aliphatic rings. The van der Waals surface area contributed by atoms with Gasteiger partial charge in [-0.15, -0.1) is 0 Å². The van der Waals surface area contributed by atoms with Gasteiger partial charge in [0.05, 0.1) is 23.5 Å². The van der Waals surface area contributed by atoms with Crippen LogP contribution >= 0.6 is 11.6 Å². The predicted octanol–water partition coefficient (Wildman–Crippen LogP) is 2.91. The van der Waals surface area contributed by atoms with Crippen molar-refractivity contribution in [1.29, 1.82) is 0 Å². The van der Waals surface area contributed by atoms with E-state index in [1.165, 1.54) is 0 Å². The lowest BCUT2D eigenvalue weighted by molar-refractivity contribution is 0.0976. The highest BCUT2D eigenvalue weighted by molar-refractivity contribution is 7.85. The topological polar surface area (TPSA) is 49.4 Å². The maximum absolute atomic E-state index is 13.1. The van der Waals surface area contributed by atoms with E-state index in [9.17, 15) is 9.00 Å². The summed E-state index contributed by atoms with van der Waals surface area (Å²) in [6.07, 6.45) is 0. The van der Waals surface area contributed by atoms with Gasteiger partial charge < -0.3 is 10.2 Å². The number of carbonyl (C=O) groups excluding carboxylic acids is 1. The molecule has 2 aromatic carbocycles. The van der Waals surface area contributed by atoms with Gasteiger partial charge in [0, 0.05) is 32.9 Å². The number of carbonyl (C=O) groups is 1. The van der Waals surface area contributed by atoms with Crippen molar-refractivity contribution >= 4 is 39.7 Å². The van der Waals surface area contributed by atoms with Crippen LogP contribution in [0.25, 0.3) is 0 Å². The second-order valence-electron chi connectivity index (χ2n) is 5.79. The maximum atomic E-state index is 13.1. The van der Waals surface area contributed by atoms with Gasteiger partial charge in [-0.25, -0.2) is 0 Å². The van der Waals surface area contributed by atoms with Crippen molar-refractivity contribution in [2.75, 3.05) is 21.7 Å². The number of benzene rings is 2. The molecule has 1 amide bonds. The van der Waals surface area contributed by atoms with E-state index in [4.69, 9.17) is 11.6 Å². The van der Waals surface area contributed by atoms with Crippen LogP contribution in [0.2, 0.25) is 5.02 Å². The van der Waals surface area contributed by atoms with Gasteiger partial charge in [0.15, 0.2) is 0 Å². The smallest absolute Gasteiger partial charge is 0.258 e. The van der Waals surface area contributed by atoms with Gasteiger partial charge in [0.2, 0.25) is 0 Å². The second-order valence-corrected chi connectivity index (χ2v) is 7.77. The highest BCUT2D eigenvalue weighted by atomic mass is 35.5. The average molecular weight is 347 g/mol. The van der Waals surface area contributed by atoms with E-state index in [-0.39, 0.29) is 18.0 Å². The van der Waals surface area contributed by atoms with E-state index in [2.05, 4.69) is 5.32 Å². The summed E-state index contributed by atoms with van der Waals surface area (Å²) in [5.74, 6) is 0.999. The SMILES string of the molecule is O=C(c1ccc(Cl)cc1)N1c2ccccc2NC2CS(=O)CC21. The lowest BCUT2D eigenvalue weighted by Crippen LogP contribution is -2.52. The van der Waals surface area contributed by atoms with Crippen LogP contribution in [0.15, 0.2) is 48.5 Å². The van der Waals surface area contributed by atoms with Crippen molar-refractivity contribution in [2.24, 2.45) is 0 Å². The normalized spacial score (nSPS) is 25.4. The Morgan fingerprint density at radius 2 is 1.87 bits per heavy atom. The summed E-state index contributed by atoms with van der Waals surface area (Å²) in [5.41, 5.74) is 2.34. The number of nitrogens with one attached hydrogen (secondary N) is 1. The Kier molecular flexibility index (Phi) is 3.62. The standard InChI is InChI=1S/C17H15ClN2O2S/c18-12-7-5-11(6-8-12)17(21)20-15-4-2-1-3-13(15)19-14-9-23(22)10-16(14)20/h1-8,14,16,19H,9-10H2. The largest absolute Gasteiger partial charge is 0.378 e. The van der Waals surface area contributed by atoms with Crippen molar-refractivity contribution in [1.82, 2.24) is 0 Å². The predicted molar refractivity (Wildman–Crippen MR) is 93.8 cm³/mol. The lowest BCUT2D eigenvalue weighted by atomic mass is 10.0. The first-order valence-corrected chi connectivity index (χ1v) is 9.30. The van der Waals surface area contributed by atoms with Crippen molar-refractivity contribution in [2.45, 2.75) is 12.1 Å². The van der Waals surface area contributed by atoms with E-state index >= 15 is 0 Å². The van der Waals surface area contributed by atoms with Crippen LogP contribution in [-0.2, 0) is 10.8 Å². The van der Waals surface area contributed by atoms with Crippen molar-refractivity contribution in [3.05, 3.63) is 59.1 Å². The molecule has 118 valence electrons. The molecule has 2 aromatic rings. The van der Waals surface area contributed by atoms with Crippen LogP contribution in [0.3, 0.4) is 0 Å². The number of halogens is 1.